The lowest BCUT2D eigenvalue weighted by Crippen LogP contribution is -1.81. The molecule has 4 heteroatoms. The van der Waals surface area contributed by atoms with Crippen LogP contribution in [0.15, 0.2) is 18.5 Å². The molecule has 0 aliphatic heterocycles. The van der Waals surface area contributed by atoms with Gasteiger partial charge in [0.15, 0.2) is 12.0 Å². The molecule has 0 unspecified atom stereocenters. The second-order valence-corrected chi connectivity index (χ2v) is 2.42. The third kappa shape index (κ3) is 0.780. The lowest BCUT2D eigenvalue weighted by Gasteiger charge is -1.95. The average molecular weight is 162 g/mol. The molecule has 2 aromatic rings. The molecule has 2 rings (SSSR count). The van der Waals surface area contributed by atoms with E-state index in [1.165, 1.54) is 6.33 Å². The van der Waals surface area contributed by atoms with E-state index in [2.05, 4.69) is 9.97 Å². The van der Waals surface area contributed by atoms with Crippen molar-refractivity contribution in [1.82, 2.24) is 9.97 Å². The number of aromatic nitrogens is 2. The number of nitrogens with zero attached hydrogens (tertiary/aromatic N) is 1. The van der Waals surface area contributed by atoms with E-state index in [9.17, 15) is 9.90 Å². The molecular weight excluding hydrogens is 156 g/mol. The Balaban J connectivity index is 2.86. The average Bonchev–Trinajstić information content (AvgIpc) is 2.53. The number of carbonyl (C=O) groups excluding carboxylic acids is 1. The maximum atomic E-state index is 10.4. The van der Waals surface area contributed by atoms with Crippen molar-refractivity contribution in [3.05, 3.63) is 24.0 Å². The van der Waals surface area contributed by atoms with Crippen LogP contribution in [-0.4, -0.2) is 21.4 Å². The Morgan fingerprint density at radius 3 is 3.08 bits per heavy atom. The first kappa shape index (κ1) is 6.84. The van der Waals surface area contributed by atoms with Crippen LogP contribution in [0.1, 0.15) is 10.4 Å². The van der Waals surface area contributed by atoms with Gasteiger partial charge in [-0.2, -0.15) is 0 Å². The number of H-pyrrole nitrogens is 1. The van der Waals surface area contributed by atoms with Crippen LogP contribution in [0.25, 0.3) is 11.0 Å². The number of aldehydes is 1. The van der Waals surface area contributed by atoms with Crippen molar-refractivity contribution in [3.8, 4) is 5.75 Å². The second kappa shape index (κ2) is 2.34. The van der Waals surface area contributed by atoms with Gasteiger partial charge in [-0.05, 0) is 12.1 Å². The van der Waals surface area contributed by atoms with Gasteiger partial charge in [-0.3, -0.25) is 4.79 Å². The Kier molecular flexibility index (Phi) is 1.33. The number of benzene rings is 1. The fourth-order valence-electron chi connectivity index (χ4n) is 1.10. The maximum Gasteiger partial charge on any atom is 0.153 e. The molecular formula is C8H6N2O2. The van der Waals surface area contributed by atoms with Gasteiger partial charge in [0.25, 0.3) is 0 Å². The smallest absolute Gasteiger partial charge is 0.153 e. The number of imidazole rings is 1. The van der Waals surface area contributed by atoms with Crippen molar-refractivity contribution >= 4 is 17.3 Å². The largest absolute Gasteiger partial charge is 0.505 e. The first-order valence-electron chi connectivity index (χ1n) is 3.43. The van der Waals surface area contributed by atoms with Gasteiger partial charge >= 0.3 is 0 Å². The molecule has 12 heavy (non-hydrogen) atoms. The molecule has 2 N–H and O–H groups in total. The second-order valence-electron chi connectivity index (χ2n) is 2.42. The molecule has 0 radical (unpaired) electrons. The summed E-state index contributed by atoms with van der Waals surface area (Å²) in [6, 6.07) is 3.24. The van der Waals surface area contributed by atoms with Crippen molar-refractivity contribution in [2.75, 3.05) is 0 Å². The van der Waals surface area contributed by atoms with Crippen molar-refractivity contribution in [2.45, 2.75) is 0 Å². The van der Waals surface area contributed by atoms with E-state index in [0.717, 1.165) is 5.52 Å². The summed E-state index contributed by atoms with van der Waals surface area (Å²) < 4.78 is 0. The van der Waals surface area contributed by atoms with E-state index < -0.39 is 0 Å². The highest BCUT2D eigenvalue weighted by molar-refractivity contribution is 5.91. The van der Waals surface area contributed by atoms with Crippen LogP contribution in [0, 0.1) is 0 Å². The topological polar surface area (TPSA) is 66.0 Å². The molecule has 0 aliphatic carbocycles. The molecule has 0 saturated carbocycles. The summed E-state index contributed by atoms with van der Waals surface area (Å²) in [4.78, 5) is 17.1. The van der Waals surface area contributed by atoms with Gasteiger partial charge in [-0.25, -0.2) is 4.98 Å². The van der Waals surface area contributed by atoms with Gasteiger partial charge < -0.3 is 10.1 Å². The number of phenols is 1. The third-order valence-corrected chi connectivity index (χ3v) is 1.72. The summed E-state index contributed by atoms with van der Waals surface area (Å²) in [6.07, 6.45) is 2.07. The van der Waals surface area contributed by atoms with Gasteiger partial charge in [0, 0.05) is 0 Å². The molecule has 1 aromatic heterocycles. The van der Waals surface area contributed by atoms with E-state index in [0.29, 0.717) is 11.8 Å². The predicted molar refractivity (Wildman–Crippen MR) is 43.1 cm³/mol. The number of hydrogen-bond acceptors (Lipinski definition) is 3. The number of rotatable bonds is 1. The molecule has 0 fully saturated rings. The molecule has 0 aliphatic rings. The Morgan fingerprint density at radius 1 is 1.50 bits per heavy atom. The van der Waals surface area contributed by atoms with Crippen LogP contribution in [0.4, 0.5) is 0 Å². The first-order valence-corrected chi connectivity index (χ1v) is 3.43. The normalized spacial score (nSPS) is 10.3. The number of hydrogen-bond donors (Lipinski definition) is 2. The van der Waals surface area contributed by atoms with E-state index >= 15 is 0 Å². The summed E-state index contributed by atoms with van der Waals surface area (Å²) in [5, 5.41) is 9.42. The van der Waals surface area contributed by atoms with E-state index in [1.807, 2.05) is 0 Å². The number of carbonyl (C=O) groups is 1. The number of aromatic amines is 1. The Labute approximate surface area is 67.9 Å². The summed E-state index contributed by atoms with van der Waals surface area (Å²) in [6.45, 7) is 0. The highest BCUT2D eigenvalue weighted by Crippen LogP contribution is 2.24. The van der Waals surface area contributed by atoms with Crippen LogP contribution in [0.2, 0.25) is 0 Å². The third-order valence-electron chi connectivity index (χ3n) is 1.72. The molecule has 1 aromatic carbocycles. The minimum atomic E-state index is -0.0660. The fraction of sp³-hybridized carbons (Fsp3) is 0. The SMILES string of the molecule is O=Cc1ccc2[nH]cnc2c1O. The minimum absolute atomic E-state index is 0.0660. The summed E-state index contributed by atoms with van der Waals surface area (Å²) in [5.41, 5.74) is 1.41. The molecule has 0 saturated heterocycles. The fourth-order valence-corrected chi connectivity index (χ4v) is 1.10. The predicted octanol–water partition coefficient (Wildman–Crippen LogP) is 1.08. The van der Waals surface area contributed by atoms with E-state index in [1.54, 1.807) is 12.1 Å². The summed E-state index contributed by atoms with van der Waals surface area (Å²) in [7, 11) is 0. The lowest BCUT2D eigenvalue weighted by molar-refractivity contribution is 0.112. The van der Waals surface area contributed by atoms with Gasteiger partial charge in [0.05, 0.1) is 17.4 Å². The van der Waals surface area contributed by atoms with Crippen molar-refractivity contribution in [3.63, 3.8) is 0 Å². The number of nitrogens with one attached hydrogen (secondary N) is 1. The number of fused-ring (bicyclic) bond motifs is 1. The molecule has 0 atom stereocenters. The number of aromatic hydroxyl groups is 1. The highest BCUT2D eigenvalue weighted by atomic mass is 16.3. The first-order chi connectivity index (χ1) is 5.83. The van der Waals surface area contributed by atoms with Gasteiger partial charge in [-0.1, -0.05) is 0 Å². The molecule has 60 valence electrons. The molecule has 4 nitrogen and oxygen atoms in total. The van der Waals surface area contributed by atoms with E-state index in [4.69, 9.17) is 0 Å². The van der Waals surface area contributed by atoms with Gasteiger partial charge in [-0.15, -0.1) is 0 Å². The summed E-state index contributed by atoms with van der Waals surface area (Å²) in [5.74, 6) is -0.0660. The molecule has 0 spiro atoms. The van der Waals surface area contributed by atoms with Crippen LogP contribution in [0.3, 0.4) is 0 Å². The molecule has 0 amide bonds. The van der Waals surface area contributed by atoms with Crippen LogP contribution >= 0.6 is 0 Å². The zero-order valence-corrected chi connectivity index (χ0v) is 6.11. The minimum Gasteiger partial charge on any atom is -0.505 e. The molecule has 1 heterocycles. The standard InChI is InChI=1S/C8H6N2O2/c11-3-5-1-2-6-7(8(5)12)10-4-9-6/h1-4,12H,(H,9,10). The van der Waals surface area contributed by atoms with Gasteiger partial charge in [0.1, 0.15) is 5.52 Å². The van der Waals surface area contributed by atoms with Gasteiger partial charge in [0.2, 0.25) is 0 Å². The van der Waals surface area contributed by atoms with Crippen molar-refractivity contribution in [2.24, 2.45) is 0 Å². The zero-order chi connectivity index (χ0) is 8.55. The monoisotopic (exact) mass is 162 g/mol. The van der Waals surface area contributed by atoms with Crippen molar-refractivity contribution in [1.29, 1.82) is 0 Å². The Hall–Kier alpha value is -1.84. The van der Waals surface area contributed by atoms with E-state index in [-0.39, 0.29) is 11.3 Å². The summed E-state index contributed by atoms with van der Waals surface area (Å²) >= 11 is 0. The maximum absolute atomic E-state index is 10.4. The van der Waals surface area contributed by atoms with Crippen LogP contribution in [0.5, 0.6) is 5.75 Å². The highest BCUT2D eigenvalue weighted by Gasteiger charge is 2.06. The zero-order valence-electron chi connectivity index (χ0n) is 6.11. The van der Waals surface area contributed by atoms with Crippen LogP contribution in [-0.2, 0) is 0 Å². The Bertz CT molecular complexity index is 434. The quantitative estimate of drug-likeness (QED) is 0.616. The molecule has 0 bridgehead atoms. The Morgan fingerprint density at radius 2 is 2.33 bits per heavy atom. The van der Waals surface area contributed by atoms with Crippen LogP contribution < -0.4 is 0 Å². The van der Waals surface area contributed by atoms with Crippen molar-refractivity contribution < 1.29 is 9.90 Å². The number of phenolic OH excluding ortho intramolecular Hbond substituents is 1. The lowest BCUT2D eigenvalue weighted by atomic mass is 10.2.